The number of methoxy groups -OCH3 is 1. The van der Waals surface area contributed by atoms with Crippen LogP contribution in [0.4, 0.5) is 11.4 Å². The average molecular weight is 502 g/mol. The molecule has 5 nitrogen and oxygen atoms in total. The lowest BCUT2D eigenvalue weighted by atomic mass is 9.87. The molecule has 1 fully saturated rings. The number of hydrogen-bond acceptors (Lipinski definition) is 5. The largest absolute Gasteiger partial charge is 0.496 e. The summed E-state index contributed by atoms with van der Waals surface area (Å²) in [5.41, 5.74) is 4.83. The van der Waals surface area contributed by atoms with Crippen molar-refractivity contribution in [2.24, 2.45) is 4.99 Å². The zero-order chi connectivity index (χ0) is 23.9. The second-order valence-electron chi connectivity index (χ2n) is 8.42. The van der Waals surface area contributed by atoms with Gasteiger partial charge in [0.1, 0.15) is 5.75 Å². The number of halogens is 2. The van der Waals surface area contributed by atoms with Crippen LogP contribution in [0, 0.1) is 0 Å². The summed E-state index contributed by atoms with van der Waals surface area (Å²) >= 11 is 13.3. The third-order valence-corrected chi connectivity index (χ3v) is 7.37. The Balaban J connectivity index is 1.70. The Morgan fingerprint density at radius 1 is 1.21 bits per heavy atom. The van der Waals surface area contributed by atoms with Crippen molar-refractivity contribution in [1.29, 1.82) is 0 Å². The predicted molar refractivity (Wildman–Crippen MR) is 141 cm³/mol. The predicted octanol–water partition coefficient (Wildman–Crippen LogP) is 6.92. The monoisotopic (exact) mass is 501 g/mol. The second-order valence-corrected chi connectivity index (χ2v) is 10.3. The number of likely N-dealkylation sites (N-methyl/N-ethyl adjacent to an activating group) is 1. The average Bonchev–Trinajstić information content (AvgIpc) is 3.09. The van der Waals surface area contributed by atoms with E-state index in [-0.39, 0.29) is 11.4 Å². The van der Waals surface area contributed by atoms with Crippen LogP contribution in [-0.4, -0.2) is 30.3 Å². The molecule has 0 spiro atoms. The molecule has 0 bridgehead atoms. The molecule has 2 aliphatic rings. The number of nitrogens with one attached hydrogen (secondary N) is 1. The number of nitrogens with zero attached hydrogens (tertiary/aromatic N) is 2. The minimum atomic E-state index is -0.206. The molecule has 0 unspecified atom stereocenters. The first-order valence-corrected chi connectivity index (χ1v) is 12.1. The van der Waals surface area contributed by atoms with Gasteiger partial charge in [0.25, 0.3) is 5.91 Å². The van der Waals surface area contributed by atoms with E-state index in [0.29, 0.717) is 31.6 Å². The number of hydrogen-bond donors (Lipinski definition) is 1. The number of rotatable bonds is 4. The maximum atomic E-state index is 12.6. The fourth-order valence-electron chi connectivity index (χ4n) is 4.28. The van der Waals surface area contributed by atoms with Crippen molar-refractivity contribution < 1.29 is 9.53 Å². The van der Waals surface area contributed by atoms with Crippen LogP contribution in [0.2, 0.25) is 10.0 Å². The molecule has 2 aromatic carbocycles. The number of allylic oxidation sites excluding steroid dienone is 1. The van der Waals surface area contributed by atoms with Gasteiger partial charge in [-0.25, -0.2) is 4.99 Å². The zero-order valence-electron chi connectivity index (χ0n) is 19.1. The maximum Gasteiger partial charge on any atom is 0.264 e. The van der Waals surface area contributed by atoms with Crippen molar-refractivity contribution in [2.45, 2.75) is 33.2 Å². The normalized spacial score (nSPS) is 19.5. The van der Waals surface area contributed by atoms with Crippen LogP contribution in [0.3, 0.4) is 0 Å². The van der Waals surface area contributed by atoms with Gasteiger partial charge in [-0.15, -0.1) is 0 Å². The van der Waals surface area contributed by atoms with Crippen molar-refractivity contribution >= 4 is 69.1 Å². The van der Waals surface area contributed by atoms with Crippen molar-refractivity contribution in [1.82, 2.24) is 5.32 Å². The van der Waals surface area contributed by atoms with Gasteiger partial charge in [-0.1, -0.05) is 29.3 Å². The van der Waals surface area contributed by atoms with Crippen LogP contribution in [0.15, 0.2) is 46.3 Å². The Labute approximate surface area is 208 Å². The molecule has 4 rings (SSSR count). The second kappa shape index (κ2) is 9.09. The van der Waals surface area contributed by atoms with E-state index in [4.69, 9.17) is 27.9 Å². The molecule has 1 amide bonds. The highest BCUT2D eigenvalue weighted by atomic mass is 35.5. The van der Waals surface area contributed by atoms with Crippen LogP contribution in [0.1, 0.15) is 38.8 Å². The molecular formula is C25H25Cl2N3O2S. The first kappa shape index (κ1) is 23.7. The first-order valence-electron chi connectivity index (χ1n) is 10.6. The van der Waals surface area contributed by atoms with E-state index in [0.717, 1.165) is 23.4 Å². The zero-order valence-corrected chi connectivity index (χ0v) is 21.5. The summed E-state index contributed by atoms with van der Waals surface area (Å²) < 4.78 is 5.71. The SMILES string of the molecule is CCN1c2cc(OC)c(/C=C3/SC(=Nc4ccc(Cl)c(Cl)c4)NC3=O)cc2C(C)=CC1(C)C. The summed E-state index contributed by atoms with van der Waals surface area (Å²) in [5, 5.41) is 4.16. The van der Waals surface area contributed by atoms with E-state index in [2.05, 4.69) is 61.1 Å². The number of amides is 1. The van der Waals surface area contributed by atoms with Crippen LogP contribution in [0.25, 0.3) is 11.6 Å². The van der Waals surface area contributed by atoms with Gasteiger partial charge in [0.2, 0.25) is 0 Å². The number of aliphatic imine (C=N–C) groups is 1. The lowest BCUT2D eigenvalue weighted by molar-refractivity contribution is -0.115. The summed E-state index contributed by atoms with van der Waals surface area (Å²) in [7, 11) is 1.65. The summed E-state index contributed by atoms with van der Waals surface area (Å²) in [6.45, 7) is 9.56. The van der Waals surface area contributed by atoms with Crippen LogP contribution < -0.4 is 15.0 Å². The van der Waals surface area contributed by atoms with Crippen LogP contribution >= 0.6 is 35.0 Å². The summed E-state index contributed by atoms with van der Waals surface area (Å²) in [6.07, 6.45) is 4.13. The number of carbonyl (C=O) groups is 1. The molecule has 2 aliphatic heterocycles. The third kappa shape index (κ3) is 4.65. The van der Waals surface area contributed by atoms with Gasteiger partial charge >= 0.3 is 0 Å². The molecular weight excluding hydrogens is 477 g/mol. The van der Waals surface area contributed by atoms with Gasteiger partial charge in [0, 0.05) is 29.4 Å². The maximum absolute atomic E-state index is 12.6. The highest BCUT2D eigenvalue weighted by Gasteiger charge is 2.31. The topological polar surface area (TPSA) is 53.9 Å². The smallest absolute Gasteiger partial charge is 0.264 e. The van der Waals surface area contributed by atoms with Crippen molar-refractivity contribution in [3.05, 3.63) is 62.5 Å². The standard InChI is InChI=1S/C25H25Cl2N3O2S/c1-6-30-20-12-21(32-5)15(9-17(20)14(2)13-25(30,3)4)10-22-23(31)29-24(33-22)28-16-7-8-18(26)19(27)11-16/h7-13H,6H2,1-5H3,(H,28,29,31)/b22-10+. The number of thioether (sulfide) groups is 1. The van der Waals surface area contributed by atoms with Gasteiger partial charge in [-0.2, -0.15) is 0 Å². The van der Waals surface area contributed by atoms with E-state index in [1.54, 1.807) is 25.3 Å². The van der Waals surface area contributed by atoms with E-state index < -0.39 is 0 Å². The highest BCUT2D eigenvalue weighted by Crippen LogP contribution is 2.43. The van der Waals surface area contributed by atoms with Crippen LogP contribution in [0.5, 0.6) is 5.75 Å². The number of amidine groups is 1. The van der Waals surface area contributed by atoms with E-state index in [1.807, 2.05) is 6.08 Å². The fraction of sp³-hybridized carbons (Fsp3) is 0.280. The Morgan fingerprint density at radius 3 is 2.64 bits per heavy atom. The molecule has 0 aliphatic carbocycles. The van der Waals surface area contributed by atoms with Crippen LogP contribution in [-0.2, 0) is 4.79 Å². The van der Waals surface area contributed by atoms with Crippen molar-refractivity contribution in [3.8, 4) is 5.75 Å². The van der Waals surface area contributed by atoms with E-state index in [9.17, 15) is 4.79 Å². The minimum absolute atomic E-state index is 0.0893. The van der Waals surface area contributed by atoms with Gasteiger partial charge in [0.15, 0.2) is 5.17 Å². The van der Waals surface area contributed by atoms with Gasteiger partial charge in [-0.05, 0) is 75.4 Å². The Hall–Kier alpha value is -2.41. The number of anilines is 1. The first-order chi connectivity index (χ1) is 15.6. The lowest BCUT2D eigenvalue weighted by Gasteiger charge is -2.43. The Bertz CT molecular complexity index is 1230. The Kier molecular flexibility index (Phi) is 6.54. The fourth-order valence-corrected chi connectivity index (χ4v) is 5.41. The van der Waals surface area contributed by atoms with E-state index >= 15 is 0 Å². The van der Waals surface area contributed by atoms with Gasteiger partial charge in [-0.3, -0.25) is 4.79 Å². The van der Waals surface area contributed by atoms with Crippen molar-refractivity contribution in [2.75, 3.05) is 18.6 Å². The summed E-state index contributed by atoms with van der Waals surface area (Å²) in [6, 6.07) is 9.24. The molecule has 172 valence electrons. The number of fused-ring (bicyclic) bond motifs is 1. The molecule has 0 atom stereocenters. The molecule has 2 aromatic rings. The molecule has 1 saturated heterocycles. The molecule has 1 N–H and O–H groups in total. The quantitative estimate of drug-likeness (QED) is 0.462. The molecule has 0 aromatic heterocycles. The summed E-state index contributed by atoms with van der Waals surface area (Å²) in [5.74, 6) is 0.510. The lowest BCUT2D eigenvalue weighted by Crippen LogP contribution is -2.44. The third-order valence-electron chi connectivity index (χ3n) is 5.72. The molecule has 8 heteroatoms. The summed E-state index contributed by atoms with van der Waals surface area (Å²) in [4.78, 5) is 20.0. The minimum Gasteiger partial charge on any atom is -0.496 e. The molecule has 33 heavy (non-hydrogen) atoms. The number of carbonyl (C=O) groups excluding carboxylic acids is 1. The van der Waals surface area contributed by atoms with Crippen molar-refractivity contribution in [3.63, 3.8) is 0 Å². The molecule has 0 saturated carbocycles. The highest BCUT2D eigenvalue weighted by molar-refractivity contribution is 8.18. The van der Waals surface area contributed by atoms with E-state index in [1.165, 1.54) is 17.3 Å². The van der Waals surface area contributed by atoms with Gasteiger partial charge < -0.3 is 15.0 Å². The molecule has 0 radical (unpaired) electrons. The Morgan fingerprint density at radius 2 is 1.97 bits per heavy atom. The van der Waals surface area contributed by atoms with Gasteiger partial charge in [0.05, 0.1) is 33.3 Å². The molecule has 2 heterocycles. The number of ether oxygens (including phenoxy) is 1. The number of benzene rings is 2.